The smallest absolute Gasteiger partial charge is 0.0386 e. The molecular weight excluding hydrogens is 240 g/mol. The van der Waals surface area contributed by atoms with Crippen LogP contribution < -0.4 is 5.32 Å². The molecule has 2 nitrogen and oxygen atoms in total. The molecule has 3 heteroatoms. The van der Waals surface area contributed by atoms with Crippen LogP contribution in [0.2, 0.25) is 0 Å². The molecule has 2 rings (SSSR count). The summed E-state index contributed by atoms with van der Waals surface area (Å²) in [4.78, 5) is 5.43. The highest BCUT2D eigenvalue weighted by atomic mass is 32.1. The topological polar surface area (TPSA) is 15.3 Å². The number of thiophene rings is 1. The Labute approximate surface area is 115 Å². The maximum Gasteiger partial charge on any atom is 0.0386 e. The van der Waals surface area contributed by atoms with E-state index in [0.29, 0.717) is 12.1 Å². The molecule has 0 bridgehead atoms. The lowest BCUT2D eigenvalue weighted by Gasteiger charge is -2.22. The van der Waals surface area contributed by atoms with Crippen molar-refractivity contribution in [2.24, 2.45) is 0 Å². The standard InChI is InChI=1S/C15H26N2S/c1-11(17(3)4)10-16-12(2)15-9-13-7-5-6-8-14(13)18-15/h9,11-12,16H,5-8,10H2,1-4H3. The summed E-state index contributed by atoms with van der Waals surface area (Å²) in [6.07, 6.45) is 5.36. The molecule has 0 spiro atoms. The zero-order chi connectivity index (χ0) is 13.1. The third kappa shape index (κ3) is 3.34. The van der Waals surface area contributed by atoms with Crippen molar-refractivity contribution in [3.63, 3.8) is 0 Å². The molecule has 0 aromatic carbocycles. The van der Waals surface area contributed by atoms with Crippen molar-refractivity contribution in [3.8, 4) is 0 Å². The number of hydrogen-bond donors (Lipinski definition) is 1. The molecule has 1 aliphatic carbocycles. The van der Waals surface area contributed by atoms with Gasteiger partial charge in [0.25, 0.3) is 0 Å². The van der Waals surface area contributed by atoms with Crippen LogP contribution >= 0.6 is 11.3 Å². The molecule has 18 heavy (non-hydrogen) atoms. The van der Waals surface area contributed by atoms with E-state index in [-0.39, 0.29) is 0 Å². The van der Waals surface area contributed by atoms with Crippen LogP contribution in [0.5, 0.6) is 0 Å². The van der Waals surface area contributed by atoms with E-state index in [9.17, 15) is 0 Å². The predicted molar refractivity (Wildman–Crippen MR) is 80.5 cm³/mol. The normalized spacial score (nSPS) is 18.7. The molecule has 0 amide bonds. The van der Waals surface area contributed by atoms with Crippen LogP contribution in [-0.4, -0.2) is 31.6 Å². The quantitative estimate of drug-likeness (QED) is 0.880. The van der Waals surface area contributed by atoms with Crippen molar-refractivity contribution in [2.75, 3.05) is 20.6 Å². The maximum atomic E-state index is 3.66. The van der Waals surface area contributed by atoms with Gasteiger partial charge in [-0.2, -0.15) is 0 Å². The van der Waals surface area contributed by atoms with Gasteiger partial charge in [0.15, 0.2) is 0 Å². The molecule has 0 radical (unpaired) electrons. The van der Waals surface area contributed by atoms with E-state index < -0.39 is 0 Å². The van der Waals surface area contributed by atoms with E-state index in [2.05, 4.69) is 44.2 Å². The number of aryl methyl sites for hydroxylation is 2. The second kappa shape index (κ2) is 6.18. The second-order valence-corrected chi connectivity index (χ2v) is 6.92. The Morgan fingerprint density at radius 1 is 1.28 bits per heavy atom. The molecule has 0 saturated carbocycles. The molecule has 2 atom stereocenters. The van der Waals surface area contributed by atoms with E-state index >= 15 is 0 Å². The second-order valence-electron chi connectivity index (χ2n) is 5.75. The number of hydrogen-bond acceptors (Lipinski definition) is 3. The fourth-order valence-electron chi connectivity index (χ4n) is 2.36. The summed E-state index contributed by atoms with van der Waals surface area (Å²) in [5, 5.41) is 3.66. The minimum absolute atomic E-state index is 0.489. The summed E-state index contributed by atoms with van der Waals surface area (Å²) in [7, 11) is 4.28. The van der Waals surface area contributed by atoms with Crippen LogP contribution in [0.4, 0.5) is 0 Å². The Morgan fingerprint density at radius 2 is 2.00 bits per heavy atom. The van der Waals surface area contributed by atoms with Crippen molar-refractivity contribution < 1.29 is 0 Å². The van der Waals surface area contributed by atoms with Crippen LogP contribution in [0, 0.1) is 0 Å². The van der Waals surface area contributed by atoms with Gasteiger partial charge in [-0.25, -0.2) is 0 Å². The molecule has 2 unspecified atom stereocenters. The summed E-state index contributed by atoms with van der Waals surface area (Å²) < 4.78 is 0. The van der Waals surface area contributed by atoms with Crippen LogP contribution in [0.15, 0.2) is 6.07 Å². The first-order valence-corrected chi connectivity index (χ1v) is 7.91. The molecule has 0 fully saturated rings. The molecule has 1 heterocycles. The van der Waals surface area contributed by atoms with Gasteiger partial charge >= 0.3 is 0 Å². The first-order chi connectivity index (χ1) is 8.58. The lowest BCUT2D eigenvalue weighted by atomic mass is 9.99. The number of rotatable bonds is 5. The third-order valence-corrected chi connectivity index (χ3v) is 5.46. The van der Waals surface area contributed by atoms with Crippen molar-refractivity contribution in [1.82, 2.24) is 10.2 Å². The first kappa shape index (κ1) is 14.0. The molecule has 1 aromatic heterocycles. The Bertz CT molecular complexity index is 360. The zero-order valence-electron chi connectivity index (χ0n) is 12.1. The Balaban J connectivity index is 1.92. The lowest BCUT2D eigenvalue weighted by molar-refractivity contribution is 0.296. The molecular formula is C15H26N2S. The van der Waals surface area contributed by atoms with Gasteiger partial charge in [0.05, 0.1) is 0 Å². The van der Waals surface area contributed by atoms with E-state index in [1.54, 1.807) is 10.4 Å². The Hall–Kier alpha value is -0.380. The molecule has 1 aliphatic rings. The van der Waals surface area contributed by atoms with Crippen LogP contribution in [0.3, 0.4) is 0 Å². The minimum Gasteiger partial charge on any atom is -0.308 e. The van der Waals surface area contributed by atoms with Crippen LogP contribution in [-0.2, 0) is 12.8 Å². The van der Waals surface area contributed by atoms with Gasteiger partial charge in [-0.05, 0) is 65.3 Å². The monoisotopic (exact) mass is 266 g/mol. The van der Waals surface area contributed by atoms with Gasteiger partial charge in [-0.1, -0.05) is 0 Å². The maximum absolute atomic E-state index is 3.66. The van der Waals surface area contributed by atoms with E-state index in [1.165, 1.54) is 30.6 Å². The van der Waals surface area contributed by atoms with Crippen molar-refractivity contribution in [3.05, 3.63) is 21.4 Å². The SMILES string of the molecule is CC(NCC(C)N(C)C)c1cc2c(s1)CCCC2. The van der Waals surface area contributed by atoms with Crippen LogP contribution in [0.25, 0.3) is 0 Å². The van der Waals surface area contributed by atoms with E-state index in [1.807, 2.05) is 11.3 Å². The van der Waals surface area contributed by atoms with Crippen molar-refractivity contribution in [1.29, 1.82) is 0 Å². The predicted octanol–water partition coefficient (Wildman–Crippen LogP) is 3.23. The van der Waals surface area contributed by atoms with Gasteiger partial charge in [-0.3, -0.25) is 0 Å². The van der Waals surface area contributed by atoms with Crippen molar-refractivity contribution in [2.45, 2.75) is 51.6 Å². The minimum atomic E-state index is 0.489. The summed E-state index contributed by atoms with van der Waals surface area (Å²) in [5.41, 5.74) is 1.62. The summed E-state index contributed by atoms with van der Waals surface area (Å²) in [5.74, 6) is 0. The number of fused-ring (bicyclic) bond motifs is 1. The first-order valence-electron chi connectivity index (χ1n) is 7.09. The van der Waals surface area contributed by atoms with Gasteiger partial charge in [-0.15, -0.1) is 11.3 Å². The summed E-state index contributed by atoms with van der Waals surface area (Å²) >= 11 is 2.03. The highest BCUT2D eigenvalue weighted by Crippen LogP contribution is 2.32. The molecule has 0 saturated heterocycles. The average molecular weight is 266 g/mol. The molecule has 0 aliphatic heterocycles. The highest BCUT2D eigenvalue weighted by Gasteiger charge is 2.16. The van der Waals surface area contributed by atoms with Gasteiger partial charge in [0.1, 0.15) is 0 Å². The van der Waals surface area contributed by atoms with Crippen molar-refractivity contribution >= 4 is 11.3 Å². The number of likely N-dealkylation sites (N-methyl/N-ethyl adjacent to an activating group) is 1. The molecule has 1 aromatic rings. The van der Waals surface area contributed by atoms with E-state index in [0.717, 1.165) is 6.54 Å². The summed E-state index contributed by atoms with van der Waals surface area (Å²) in [6, 6.07) is 3.52. The Kier molecular flexibility index (Phi) is 4.82. The molecule has 1 N–H and O–H groups in total. The number of nitrogens with one attached hydrogen (secondary N) is 1. The van der Waals surface area contributed by atoms with Gasteiger partial charge in [0.2, 0.25) is 0 Å². The van der Waals surface area contributed by atoms with E-state index in [4.69, 9.17) is 0 Å². The van der Waals surface area contributed by atoms with Crippen LogP contribution in [0.1, 0.15) is 48.0 Å². The zero-order valence-corrected chi connectivity index (χ0v) is 12.9. The fraction of sp³-hybridized carbons (Fsp3) is 0.733. The highest BCUT2D eigenvalue weighted by molar-refractivity contribution is 7.12. The largest absolute Gasteiger partial charge is 0.308 e. The lowest BCUT2D eigenvalue weighted by Crippen LogP contribution is -2.36. The average Bonchev–Trinajstić information content (AvgIpc) is 2.79. The number of nitrogens with zero attached hydrogens (tertiary/aromatic N) is 1. The summed E-state index contributed by atoms with van der Waals surface area (Å²) in [6.45, 7) is 5.61. The third-order valence-electron chi connectivity index (χ3n) is 4.04. The fourth-order valence-corrected chi connectivity index (χ4v) is 3.64. The van der Waals surface area contributed by atoms with Gasteiger partial charge in [0, 0.05) is 28.4 Å². The Morgan fingerprint density at radius 3 is 2.67 bits per heavy atom. The van der Waals surface area contributed by atoms with Gasteiger partial charge < -0.3 is 10.2 Å². The molecule has 102 valence electrons.